The SMILES string of the molecule is O=C(C[NH+]1CCC[C@@H]2CCCC[C@H]21)NC12CC3CC(CC(C3)C1)C2. The fourth-order valence-corrected chi connectivity index (χ4v) is 7.90. The summed E-state index contributed by atoms with van der Waals surface area (Å²) in [5, 5.41) is 3.61. The first kappa shape index (κ1) is 15.7. The van der Waals surface area contributed by atoms with Crippen LogP contribution in [0, 0.1) is 23.7 Å². The molecule has 3 nitrogen and oxygen atoms in total. The molecular weight excluding hydrogens is 296 g/mol. The molecule has 5 saturated carbocycles. The van der Waals surface area contributed by atoms with E-state index in [0.717, 1.165) is 36.3 Å². The molecule has 3 heteroatoms. The number of piperidine rings is 1. The molecule has 0 aromatic carbocycles. The monoisotopic (exact) mass is 331 g/mol. The van der Waals surface area contributed by atoms with Crippen LogP contribution in [0.4, 0.5) is 0 Å². The van der Waals surface area contributed by atoms with Gasteiger partial charge < -0.3 is 10.2 Å². The van der Waals surface area contributed by atoms with E-state index in [2.05, 4.69) is 5.32 Å². The molecule has 0 radical (unpaired) electrons. The second kappa shape index (κ2) is 6.00. The number of rotatable bonds is 3. The normalized spacial score (nSPS) is 49.7. The molecule has 4 bridgehead atoms. The summed E-state index contributed by atoms with van der Waals surface area (Å²) >= 11 is 0. The third kappa shape index (κ3) is 2.81. The summed E-state index contributed by atoms with van der Waals surface area (Å²) in [4.78, 5) is 14.6. The molecule has 24 heavy (non-hydrogen) atoms. The molecule has 1 aliphatic heterocycles. The van der Waals surface area contributed by atoms with Crippen molar-refractivity contribution in [2.45, 2.75) is 88.6 Å². The standard InChI is InChI=1S/C21H34N2O/c24-20(14-23-7-3-5-18-4-1-2-6-19(18)23)22-21-11-15-8-16(12-21)10-17(9-15)13-21/h15-19H,1-14H2,(H,22,24)/p+1/t15?,16?,17?,18-,19+,21?/m0/s1. The predicted molar refractivity (Wildman–Crippen MR) is 94.7 cm³/mol. The summed E-state index contributed by atoms with van der Waals surface area (Å²) in [5.41, 5.74) is 0.201. The molecule has 0 aromatic heterocycles. The van der Waals surface area contributed by atoms with Gasteiger partial charge in [-0.1, -0.05) is 6.42 Å². The van der Waals surface area contributed by atoms with E-state index in [1.807, 2.05) is 0 Å². The van der Waals surface area contributed by atoms with E-state index in [9.17, 15) is 4.79 Å². The lowest BCUT2D eigenvalue weighted by atomic mass is 9.53. The van der Waals surface area contributed by atoms with Gasteiger partial charge in [0.25, 0.3) is 5.91 Å². The second-order valence-electron chi connectivity index (χ2n) is 10.1. The number of likely N-dealkylation sites (tertiary alicyclic amines) is 1. The average molecular weight is 332 g/mol. The molecule has 2 N–H and O–H groups in total. The highest BCUT2D eigenvalue weighted by Gasteiger charge is 2.51. The van der Waals surface area contributed by atoms with Gasteiger partial charge in [-0.15, -0.1) is 0 Å². The summed E-state index contributed by atoms with van der Waals surface area (Å²) in [6, 6.07) is 0.787. The molecule has 134 valence electrons. The van der Waals surface area contributed by atoms with Crippen molar-refractivity contribution in [1.82, 2.24) is 5.32 Å². The molecule has 1 saturated heterocycles. The van der Waals surface area contributed by atoms with Gasteiger partial charge in [0.2, 0.25) is 0 Å². The van der Waals surface area contributed by atoms with Crippen LogP contribution in [0.15, 0.2) is 0 Å². The van der Waals surface area contributed by atoms with Crippen molar-refractivity contribution in [1.29, 1.82) is 0 Å². The van der Waals surface area contributed by atoms with Crippen LogP contribution in [0.5, 0.6) is 0 Å². The van der Waals surface area contributed by atoms with E-state index < -0.39 is 0 Å². The Morgan fingerprint density at radius 3 is 2.25 bits per heavy atom. The van der Waals surface area contributed by atoms with Gasteiger partial charge in [0, 0.05) is 11.5 Å². The highest BCUT2D eigenvalue weighted by Crippen LogP contribution is 2.55. The number of fused-ring (bicyclic) bond motifs is 1. The zero-order valence-electron chi connectivity index (χ0n) is 15.2. The number of carbonyl (C=O) groups is 1. The molecule has 0 spiro atoms. The lowest BCUT2D eigenvalue weighted by Crippen LogP contribution is -3.18. The Morgan fingerprint density at radius 1 is 0.917 bits per heavy atom. The summed E-state index contributed by atoms with van der Waals surface area (Å²) in [6.45, 7) is 1.98. The zero-order chi connectivity index (χ0) is 16.1. The third-order valence-electron chi connectivity index (χ3n) is 8.34. The first-order valence-electron chi connectivity index (χ1n) is 10.8. The Labute approximate surface area is 146 Å². The molecule has 0 aromatic rings. The summed E-state index contributed by atoms with van der Waals surface area (Å²) in [7, 11) is 0. The molecule has 6 rings (SSSR count). The zero-order valence-corrected chi connectivity index (χ0v) is 15.2. The van der Waals surface area contributed by atoms with Gasteiger partial charge in [0.15, 0.2) is 6.54 Å². The van der Waals surface area contributed by atoms with Crippen LogP contribution in [0.2, 0.25) is 0 Å². The van der Waals surface area contributed by atoms with Crippen molar-refractivity contribution in [2.75, 3.05) is 13.1 Å². The minimum absolute atomic E-state index is 0.201. The number of carbonyl (C=O) groups excluding carboxylic acids is 1. The Balaban J connectivity index is 1.23. The molecule has 1 heterocycles. The lowest BCUT2D eigenvalue weighted by Gasteiger charge is -2.57. The van der Waals surface area contributed by atoms with Crippen LogP contribution in [-0.4, -0.2) is 30.6 Å². The minimum atomic E-state index is 0.201. The van der Waals surface area contributed by atoms with E-state index in [0.29, 0.717) is 5.91 Å². The van der Waals surface area contributed by atoms with E-state index in [-0.39, 0.29) is 5.54 Å². The first-order valence-corrected chi connectivity index (χ1v) is 10.8. The van der Waals surface area contributed by atoms with E-state index in [1.54, 1.807) is 4.90 Å². The topological polar surface area (TPSA) is 33.5 Å². The number of hydrogen-bond donors (Lipinski definition) is 2. The summed E-state index contributed by atoms with van der Waals surface area (Å²) in [6.07, 6.45) is 16.6. The van der Waals surface area contributed by atoms with Crippen LogP contribution in [0.1, 0.15) is 77.0 Å². The Hall–Kier alpha value is -0.570. The minimum Gasteiger partial charge on any atom is -0.346 e. The molecule has 1 unspecified atom stereocenters. The van der Waals surface area contributed by atoms with Crippen molar-refractivity contribution in [3.63, 3.8) is 0 Å². The Kier molecular flexibility index (Phi) is 3.92. The van der Waals surface area contributed by atoms with Crippen LogP contribution in [0.25, 0.3) is 0 Å². The van der Waals surface area contributed by atoms with E-state index >= 15 is 0 Å². The predicted octanol–water partition coefficient (Wildman–Crippen LogP) is 2.31. The maximum Gasteiger partial charge on any atom is 0.275 e. The second-order valence-corrected chi connectivity index (χ2v) is 10.1. The summed E-state index contributed by atoms with van der Waals surface area (Å²) in [5.74, 6) is 4.04. The van der Waals surface area contributed by atoms with Gasteiger partial charge in [-0.05, 0) is 88.4 Å². The van der Waals surface area contributed by atoms with Crippen LogP contribution in [-0.2, 0) is 4.79 Å². The fraction of sp³-hybridized carbons (Fsp3) is 0.952. The molecular formula is C21H35N2O+. The number of nitrogens with one attached hydrogen (secondary N) is 2. The van der Waals surface area contributed by atoms with Crippen molar-refractivity contribution < 1.29 is 9.69 Å². The smallest absolute Gasteiger partial charge is 0.275 e. The quantitative estimate of drug-likeness (QED) is 0.817. The van der Waals surface area contributed by atoms with Crippen molar-refractivity contribution in [3.8, 4) is 0 Å². The third-order valence-corrected chi connectivity index (χ3v) is 8.34. The first-order chi connectivity index (χ1) is 11.7. The number of quaternary nitrogens is 1. The van der Waals surface area contributed by atoms with Crippen molar-refractivity contribution >= 4 is 5.91 Å². The van der Waals surface area contributed by atoms with Gasteiger partial charge in [0.1, 0.15) is 0 Å². The maximum atomic E-state index is 12.9. The maximum absolute atomic E-state index is 12.9. The Bertz CT molecular complexity index is 465. The summed E-state index contributed by atoms with van der Waals surface area (Å²) < 4.78 is 0. The largest absolute Gasteiger partial charge is 0.346 e. The van der Waals surface area contributed by atoms with Gasteiger partial charge in [-0.25, -0.2) is 0 Å². The van der Waals surface area contributed by atoms with Crippen LogP contribution >= 0.6 is 0 Å². The molecule has 1 amide bonds. The van der Waals surface area contributed by atoms with Crippen LogP contribution in [0.3, 0.4) is 0 Å². The highest BCUT2D eigenvalue weighted by molar-refractivity contribution is 5.77. The highest BCUT2D eigenvalue weighted by atomic mass is 16.2. The number of amides is 1. The lowest BCUT2D eigenvalue weighted by molar-refractivity contribution is -0.928. The average Bonchev–Trinajstić information content (AvgIpc) is 2.53. The van der Waals surface area contributed by atoms with E-state index in [1.165, 1.54) is 83.6 Å². The molecule has 6 fully saturated rings. The van der Waals surface area contributed by atoms with Gasteiger partial charge >= 0.3 is 0 Å². The molecule has 5 aliphatic carbocycles. The van der Waals surface area contributed by atoms with Gasteiger partial charge in [-0.2, -0.15) is 0 Å². The van der Waals surface area contributed by atoms with Gasteiger partial charge in [-0.3, -0.25) is 4.79 Å². The van der Waals surface area contributed by atoms with Crippen molar-refractivity contribution in [2.24, 2.45) is 23.7 Å². The number of hydrogen-bond acceptors (Lipinski definition) is 1. The molecule has 3 atom stereocenters. The van der Waals surface area contributed by atoms with Crippen LogP contribution < -0.4 is 10.2 Å². The Morgan fingerprint density at radius 2 is 1.54 bits per heavy atom. The van der Waals surface area contributed by atoms with Gasteiger partial charge in [0.05, 0.1) is 12.6 Å². The molecule has 6 aliphatic rings. The van der Waals surface area contributed by atoms with E-state index in [4.69, 9.17) is 0 Å². The fourth-order valence-electron chi connectivity index (χ4n) is 7.90. The van der Waals surface area contributed by atoms with Crippen molar-refractivity contribution in [3.05, 3.63) is 0 Å².